The number of pyridine rings is 1. The van der Waals surface area contributed by atoms with E-state index in [-0.39, 0.29) is 18.0 Å². The molecule has 1 aromatic carbocycles. The molecule has 3 heterocycles. The highest BCUT2D eigenvalue weighted by Gasteiger charge is 2.40. The average molecular weight is 414 g/mol. The highest BCUT2D eigenvalue weighted by molar-refractivity contribution is 5.42. The zero-order valence-electron chi connectivity index (χ0n) is 17.8. The third kappa shape index (κ3) is 4.66. The summed E-state index contributed by atoms with van der Waals surface area (Å²) in [5.41, 5.74) is 2.47. The lowest BCUT2D eigenvalue weighted by atomic mass is 9.89. The number of likely N-dealkylation sites (tertiary alicyclic amines) is 1. The molecule has 5 nitrogen and oxygen atoms in total. The first-order chi connectivity index (χ1) is 14.6. The second-order valence-electron chi connectivity index (χ2n) is 8.47. The number of hydrogen-bond acceptors (Lipinski definition) is 5. The van der Waals surface area contributed by atoms with E-state index in [4.69, 9.17) is 9.84 Å². The van der Waals surface area contributed by atoms with Gasteiger partial charge >= 0.3 is 0 Å². The van der Waals surface area contributed by atoms with Crippen LogP contribution in [0, 0.1) is 5.82 Å². The number of piperidine rings is 1. The van der Waals surface area contributed by atoms with Crippen molar-refractivity contribution in [3.05, 3.63) is 59.0 Å². The van der Waals surface area contributed by atoms with Gasteiger partial charge in [0.25, 0.3) is 0 Å². The summed E-state index contributed by atoms with van der Waals surface area (Å²) in [7, 11) is 0. The zero-order chi connectivity index (χ0) is 21.0. The molecular formula is C24H32FN3O2. The van der Waals surface area contributed by atoms with Crippen molar-refractivity contribution in [1.29, 1.82) is 0 Å². The van der Waals surface area contributed by atoms with Crippen LogP contribution in [0.25, 0.3) is 0 Å². The zero-order valence-corrected chi connectivity index (χ0v) is 17.8. The normalized spacial score (nSPS) is 19.4. The summed E-state index contributed by atoms with van der Waals surface area (Å²) < 4.78 is 21.0. The van der Waals surface area contributed by atoms with E-state index in [0.29, 0.717) is 24.1 Å². The Kier molecular flexibility index (Phi) is 6.66. The summed E-state index contributed by atoms with van der Waals surface area (Å²) in [5, 5.41) is 9.13. The number of anilines is 1. The Morgan fingerprint density at radius 3 is 2.73 bits per heavy atom. The van der Waals surface area contributed by atoms with Crippen molar-refractivity contribution in [2.24, 2.45) is 0 Å². The molecule has 0 radical (unpaired) electrons. The van der Waals surface area contributed by atoms with Crippen LogP contribution in [-0.2, 0) is 24.1 Å². The summed E-state index contributed by atoms with van der Waals surface area (Å²) in [5.74, 6) is 0.871. The molecule has 0 unspecified atom stereocenters. The van der Waals surface area contributed by atoms with Crippen LogP contribution in [0.1, 0.15) is 36.5 Å². The summed E-state index contributed by atoms with van der Waals surface area (Å²) in [6.07, 6.45) is 5.15. The molecule has 1 N–H and O–H groups in total. The van der Waals surface area contributed by atoms with Gasteiger partial charge in [-0.2, -0.15) is 0 Å². The highest BCUT2D eigenvalue weighted by atomic mass is 19.1. The van der Waals surface area contributed by atoms with Gasteiger partial charge in [-0.25, -0.2) is 9.37 Å². The van der Waals surface area contributed by atoms with Gasteiger partial charge < -0.3 is 14.7 Å². The maximum absolute atomic E-state index is 14.7. The first-order valence-corrected chi connectivity index (χ1v) is 11.1. The molecule has 0 amide bonds. The largest absolute Gasteiger partial charge is 0.396 e. The molecule has 162 valence electrons. The lowest BCUT2D eigenvalue weighted by molar-refractivity contribution is -0.0923. The van der Waals surface area contributed by atoms with Crippen molar-refractivity contribution in [3.8, 4) is 0 Å². The monoisotopic (exact) mass is 413 g/mol. The predicted molar refractivity (Wildman–Crippen MR) is 116 cm³/mol. The molecule has 0 saturated carbocycles. The maximum atomic E-state index is 14.7. The first-order valence-electron chi connectivity index (χ1n) is 11.1. The summed E-state index contributed by atoms with van der Waals surface area (Å²) in [6, 6.07) is 9.76. The molecule has 2 aromatic rings. The van der Waals surface area contributed by atoms with E-state index in [1.807, 2.05) is 18.3 Å². The minimum atomic E-state index is -0.172. The van der Waals surface area contributed by atoms with E-state index in [1.54, 1.807) is 6.07 Å². The predicted octanol–water partition coefficient (Wildman–Crippen LogP) is 3.19. The van der Waals surface area contributed by atoms with Gasteiger partial charge in [0.2, 0.25) is 0 Å². The fraction of sp³-hybridized carbons (Fsp3) is 0.542. The first kappa shape index (κ1) is 21.2. The van der Waals surface area contributed by atoms with Gasteiger partial charge in [0.15, 0.2) is 0 Å². The molecule has 30 heavy (non-hydrogen) atoms. The molecule has 2 saturated heterocycles. The van der Waals surface area contributed by atoms with E-state index >= 15 is 0 Å². The van der Waals surface area contributed by atoms with E-state index in [9.17, 15) is 4.39 Å². The van der Waals surface area contributed by atoms with Crippen molar-refractivity contribution in [2.75, 3.05) is 44.3 Å². The molecule has 2 aliphatic rings. The number of benzene rings is 1. The van der Waals surface area contributed by atoms with Crippen molar-refractivity contribution in [1.82, 2.24) is 9.88 Å². The molecular weight excluding hydrogens is 381 g/mol. The molecule has 1 aromatic heterocycles. The number of morpholine rings is 1. The summed E-state index contributed by atoms with van der Waals surface area (Å²) >= 11 is 0. The van der Waals surface area contributed by atoms with Gasteiger partial charge in [-0.3, -0.25) is 4.90 Å². The molecule has 1 spiro atoms. The van der Waals surface area contributed by atoms with E-state index in [0.717, 1.165) is 57.9 Å². The quantitative estimate of drug-likeness (QED) is 0.788. The third-order valence-corrected chi connectivity index (χ3v) is 6.49. The topological polar surface area (TPSA) is 48.8 Å². The number of rotatable bonds is 6. The molecule has 0 aliphatic carbocycles. The fourth-order valence-electron chi connectivity index (χ4n) is 4.62. The van der Waals surface area contributed by atoms with Crippen LogP contribution < -0.4 is 4.90 Å². The fourth-order valence-corrected chi connectivity index (χ4v) is 4.62. The Morgan fingerprint density at radius 2 is 1.97 bits per heavy atom. The van der Waals surface area contributed by atoms with Gasteiger partial charge in [-0.05, 0) is 48.9 Å². The third-order valence-electron chi connectivity index (χ3n) is 6.49. The van der Waals surface area contributed by atoms with Gasteiger partial charge in [-0.15, -0.1) is 0 Å². The van der Waals surface area contributed by atoms with E-state index in [1.165, 1.54) is 5.56 Å². The smallest absolute Gasteiger partial charge is 0.130 e. The number of aliphatic hydroxyl groups is 1. The van der Waals surface area contributed by atoms with E-state index in [2.05, 4.69) is 33.8 Å². The van der Waals surface area contributed by atoms with Crippen LogP contribution in [0.5, 0.6) is 0 Å². The lowest BCUT2D eigenvalue weighted by Crippen LogP contribution is -2.57. The van der Waals surface area contributed by atoms with Crippen LogP contribution in [0.15, 0.2) is 36.5 Å². The molecule has 0 atom stereocenters. The molecule has 2 aliphatic heterocycles. The van der Waals surface area contributed by atoms with Crippen LogP contribution >= 0.6 is 0 Å². The highest BCUT2D eigenvalue weighted by Crippen LogP contribution is 2.32. The Hall–Kier alpha value is -2.02. The second kappa shape index (κ2) is 9.41. The Morgan fingerprint density at radius 1 is 1.17 bits per heavy atom. The van der Waals surface area contributed by atoms with Crippen LogP contribution in [0.2, 0.25) is 0 Å². The number of halogens is 1. The van der Waals surface area contributed by atoms with Crippen LogP contribution in [-0.4, -0.2) is 60.0 Å². The number of hydrogen-bond donors (Lipinski definition) is 1. The SMILES string of the molecule is CCc1ccnc(N2CCOC3(CCN(Cc4cccc(CCO)c4F)CC3)C2)c1. The number of aliphatic hydroxyl groups excluding tert-OH is 1. The Balaban J connectivity index is 1.38. The van der Waals surface area contributed by atoms with Crippen LogP contribution in [0.3, 0.4) is 0 Å². The molecule has 2 fully saturated rings. The second-order valence-corrected chi connectivity index (χ2v) is 8.47. The summed E-state index contributed by atoms with van der Waals surface area (Å²) in [4.78, 5) is 9.26. The minimum Gasteiger partial charge on any atom is -0.396 e. The Bertz CT molecular complexity index is 852. The standard InChI is InChI=1S/C24H32FN3O2/c1-2-19-6-10-26-22(16-19)28-13-15-30-24(18-28)8-11-27(12-9-24)17-21-5-3-4-20(7-14-29)23(21)25/h3-6,10,16,29H,2,7-9,11-15,17-18H2,1H3. The number of aromatic nitrogens is 1. The number of aryl methyl sites for hydroxylation is 1. The maximum Gasteiger partial charge on any atom is 0.130 e. The average Bonchev–Trinajstić information content (AvgIpc) is 2.78. The van der Waals surface area contributed by atoms with Gasteiger partial charge in [0.1, 0.15) is 11.6 Å². The van der Waals surface area contributed by atoms with Gasteiger partial charge in [0, 0.05) is 51.1 Å². The number of nitrogens with zero attached hydrogens (tertiary/aromatic N) is 3. The summed E-state index contributed by atoms with van der Waals surface area (Å²) in [6.45, 7) is 6.96. The number of ether oxygens (including phenoxy) is 1. The Labute approximate surface area is 178 Å². The van der Waals surface area contributed by atoms with Crippen molar-refractivity contribution in [3.63, 3.8) is 0 Å². The minimum absolute atomic E-state index is 0.0313. The molecule has 4 rings (SSSR count). The van der Waals surface area contributed by atoms with Crippen molar-refractivity contribution >= 4 is 5.82 Å². The van der Waals surface area contributed by atoms with E-state index < -0.39 is 0 Å². The lowest BCUT2D eigenvalue weighted by Gasteiger charge is -2.47. The van der Waals surface area contributed by atoms with Gasteiger partial charge in [0.05, 0.1) is 12.2 Å². The van der Waals surface area contributed by atoms with Gasteiger partial charge in [-0.1, -0.05) is 25.1 Å². The molecule has 0 bridgehead atoms. The van der Waals surface area contributed by atoms with Crippen molar-refractivity contribution < 1.29 is 14.2 Å². The molecule has 6 heteroatoms. The van der Waals surface area contributed by atoms with Crippen molar-refractivity contribution in [2.45, 2.75) is 44.8 Å². The van der Waals surface area contributed by atoms with Crippen LogP contribution in [0.4, 0.5) is 10.2 Å².